The van der Waals surface area contributed by atoms with Gasteiger partial charge in [0.25, 0.3) is 0 Å². The molecule has 0 unspecified atom stereocenters. The third kappa shape index (κ3) is 1.92. The van der Waals surface area contributed by atoms with Gasteiger partial charge in [0.1, 0.15) is 5.65 Å². The molecule has 0 aliphatic heterocycles. The van der Waals surface area contributed by atoms with E-state index in [9.17, 15) is 0 Å². The number of aromatic amines is 1. The first-order valence-corrected chi connectivity index (χ1v) is 5.16. The van der Waals surface area contributed by atoms with Gasteiger partial charge in [0.2, 0.25) is 0 Å². The molecule has 0 aliphatic rings. The van der Waals surface area contributed by atoms with Crippen LogP contribution in [0.1, 0.15) is 18.9 Å². The van der Waals surface area contributed by atoms with Crippen molar-refractivity contribution in [2.24, 2.45) is 5.73 Å². The number of aromatic nitrogens is 2. The zero-order valence-corrected chi connectivity index (χ0v) is 8.83. The predicted molar refractivity (Wildman–Crippen MR) is 63.4 cm³/mol. The van der Waals surface area contributed by atoms with Crippen LogP contribution in [0.25, 0.3) is 17.1 Å². The molecule has 0 amide bonds. The Morgan fingerprint density at radius 1 is 1.60 bits per heavy atom. The summed E-state index contributed by atoms with van der Waals surface area (Å²) in [6.07, 6.45) is 6.89. The summed E-state index contributed by atoms with van der Waals surface area (Å²) in [4.78, 5) is 7.39. The smallest absolute Gasteiger partial charge is 0.137 e. The van der Waals surface area contributed by atoms with Gasteiger partial charge in [-0.2, -0.15) is 0 Å². The highest BCUT2D eigenvalue weighted by molar-refractivity contribution is 5.86. The van der Waals surface area contributed by atoms with E-state index in [1.165, 1.54) is 11.1 Å². The Morgan fingerprint density at radius 3 is 3.20 bits per heavy atom. The number of hydrogen-bond acceptors (Lipinski definition) is 2. The molecule has 3 nitrogen and oxygen atoms in total. The molecule has 15 heavy (non-hydrogen) atoms. The topological polar surface area (TPSA) is 54.7 Å². The minimum absolute atomic E-state index is 0.615. The Labute approximate surface area is 89.0 Å². The van der Waals surface area contributed by atoms with Crippen LogP contribution in [0.2, 0.25) is 0 Å². The lowest BCUT2D eigenvalue weighted by atomic mass is 10.1. The molecular weight excluding hydrogens is 186 g/mol. The van der Waals surface area contributed by atoms with Gasteiger partial charge in [-0.25, -0.2) is 4.98 Å². The van der Waals surface area contributed by atoms with Crippen molar-refractivity contribution in [3.05, 3.63) is 35.7 Å². The quantitative estimate of drug-likeness (QED) is 0.800. The minimum Gasteiger partial charge on any atom is -0.346 e. The minimum atomic E-state index is 0.615. The molecule has 2 aromatic heterocycles. The first-order valence-electron chi connectivity index (χ1n) is 5.16. The predicted octanol–water partition coefficient (Wildman–Crippen LogP) is 2.31. The number of nitrogens with zero attached hydrogens (tertiary/aromatic N) is 1. The molecular formula is C12H15N3. The third-order valence-corrected chi connectivity index (χ3v) is 2.56. The summed E-state index contributed by atoms with van der Waals surface area (Å²) in [6.45, 7) is 2.73. The zero-order valence-electron chi connectivity index (χ0n) is 8.83. The van der Waals surface area contributed by atoms with Crippen molar-refractivity contribution < 1.29 is 0 Å². The van der Waals surface area contributed by atoms with Crippen LogP contribution in [-0.2, 0) is 0 Å². The molecule has 0 radical (unpaired) electrons. The summed E-state index contributed by atoms with van der Waals surface area (Å²) in [5.41, 5.74) is 8.99. The lowest BCUT2D eigenvalue weighted by molar-refractivity contribution is 1.02. The number of rotatable bonds is 3. The maximum absolute atomic E-state index is 5.65. The highest BCUT2D eigenvalue weighted by Crippen LogP contribution is 2.18. The molecule has 0 bridgehead atoms. The molecule has 2 rings (SSSR count). The molecule has 2 heterocycles. The van der Waals surface area contributed by atoms with Crippen LogP contribution in [0.15, 0.2) is 30.1 Å². The average Bonchev–Trinajstić information content (AvgIpc) is 2.69. The fraction of sp³-hybridized carbons (Fsp3) is 0.250. The van der Waals surface area contributed by atoms with Crippen molar-refractivity contribution in [2.45, 2.75) is 13.3 Å². The number of H-pyrrole nitrogens is 1. The van der Waals surface area contributed by atoms with Crippen LogP contribution >= 0.6 is 0 Å². The van der Waals surface area contributed by atoms with Gasteiger partial charge in [-0.05, 0) is 18.6 Å². The second-order valence-electron chi connectivity index (χ2n) is 3.50. The van der Waals surface area contributed by atoms with Crippen molar-refractivity contribution in [3.63, 3.8) is 0 Å². The van der Waals surface area contributed by atoms with E-state index in [1.807, 2.05) is 12.3 Å². The van der Waals surface area contributed by atoms with E-state index in [-0.39, 0.29) is 0 Å². The van der Waals surface area contributed by atoms with Crippen LogP contribution in [0.5, 0.6) is 0 Å². The van der Waals surface area contributed by atoms with E-state index in [0.717, 1.165) is 17.5 Å². The number of pyridine rings is 1. The van der Waals surface area contributed by atoms with Crippen LogP contribution in [0.4, 0.5) is 0 Å². The van der Waals surface area contributed by atoms with Crippen molar-refractivity contribution in [2.75, 3.05) is 6.54 Å². The Bertz CT molecular complexity index is 476. The molecule has 3 heteroatoms. The lowest BCUT2D eigenvalue weighted by Gasteiger charge is -1.98. The number of hydrogen-bond donors (Lipinski definition) is 2. The molecule has 0 saturated carbocycles. The largest absolute Gasteiger partial charge is 0.346 e. The van der Waals surface area contributed by atoms with Gasteiger partial charge in [0, 0.05) is 29.9 Å². The van der Waals surface area contributed by atoms with E-state index < -0.39 is 0 Å². The monoisotopic (exact) mass is 201 g/mol. The van der Waals surface area contributed by atoms with E-state index in [2.05, 4.69) is 29.0 Å². The third-order valence-electron chi connectivity index (χ3n) is 2.56. The first kappa shape index (κ1) is 9.93. The van der Waals surface area contributed by atoms with Crippen molar-refractivity contribution >= 4 is 17.1 Å². The number of nitrogens with two attached hydrogens (primary N) is 1. The lowest BCUT2D eigenvalue weighted by Crippen LogP contribution is -2.01. The Morgan fingerprint density at radius 2 is 2.47 bits per heavy atom. The number of nitrogens with one attached hydrogen (secondary N) is 1. The summed E-state index contributed by atoms with van der Waals surface area (Å²) in [7, 11) is 0. The summed E-state index contributed by atoms with van der Waals surface area (Å²) < 4.78 is 0. The fourth-order valence-electron chi connectivity index (χ4n) is 1.62. The van der Waals surface area contributed by atoms with Crippen molar-refractivity contribution in [1.82, 2.24) is 9.97 Å². The summed E-state index contributed by atoms with van der Waals surface area (Å²) >= 11 is 0. The Kier molecular flexibility index (Phi) is 2.83. The standard InChI is InChI=1S/C12H15N3/c1-2-9(7-13)6-10-8-15-12-11(10)4-3-5-14-12/h3-6,8H,2,7,13H2,1H3,(H,14,15). The Hall–Kier alpha value is -1.61. The van der Waals surface area contributed by atoms with E-state index in [1.54, 1.807) is 6.20 Å². The second-order valence-corrected chi connectivity index (χ2v) is 3.50. The van der Waals surface area contributed by atoms with Crippen LogP contribution < -0.4 is 5.73 Å². The second kappa shape index (κ2) is 4.28. The van der Waals surface area contributed by atoms with Gasteiger partial charge in [-0.3, -0.25) is 0 Å². The highest BCUT2D eigenvalue weighted by Gasteiger charge is 2.01. The summed E-state index contributed by atoms with van der Waals surface area (Å²) in [5, 5.41) is 1.15. The molecule has 0 aliphatic carbocycles. The SMILES string of the molecule is CCC(=Cc1c[nH]c2ncccc12)CN. The molecule has 0 spiro atoms. The van der Waals surface area contributed by atoms with Crippen molar-refractivity contribution in [1.29, 1.82) is 0 Å². The molecule has 2 aromatic rings. The molecule has 0 atom stereocenters. The molecule has 0 fully saturated rings. The Balaban J connectivity index is 2.48. The zero-order chi connectivity index (χ0) is 10.7. The maximum Gasteiger partial charge on any atom is 0.137 e. The normalized spacial score (nSPS) is 12.3. The van der Waals surface area contributed by atoms with E-state index >= 15 is 0 Å². The highest BCUT2D eigenvalue weighted by atomic mass is 14.8. The van der Waals surface area contributed by atoms with E-state index in [4.69, 9.17) is 5.73 Å². The summed E-state index contributed by atoms with van der Waals surface area (Å²) in [6, 6.07) is 4.01. The van der Waals surface area contributed by atoms with Crippen LogP contribution in [0, 0.1) is 0 Å². The van der Waals surface area contributed by atoms with Crippen LogP contribution in [-0.4, -0.2) is 16.5 Å². The average molecular weight is 201 g/mol. The molecule has 0 aromatic carbocycles. The maximum atomic E-state index is 5.65. The van der Waals surface area contributed by atoms with Crippen molar-refractivity contribution in [3.8, 4) is 0 Å². The summed E-state index contributed by atoms with van der Waals surface area (Å²) in [5.74, 6) is 0. The van der Waals surface area contributed by atoms with E-state index in [0.29, 0.717) is 6.54 Å². The van der Waals surface area contributed by atoms with Gasteiger partial charge >= 0.3 is 0 Å². The van der Waals surface area contributed by atoms with Gasteiger partial charge in [-0.15, -0.1) is 0 Å². The first-order chi connectivity index (χ1) is 7.35. The van der Waals surface area contributed by atoms with Gasteiger partial charge < -0.3 is 10.7 Å². The molecule has 78 valence electrons. The van der Waals surface area contributed by atoms with Gasteiger partial charge in [0.15, 0.2) is 0 Å². The molecule has 3 N–H and O–H groups in total. The van der Waals surface area contributed by atoms with Crippen LogP contribution in [0.3, 0.4) is 0 Å². The van der Waals surface area contributed by atoms with Gasteiger partial charge in [-0.1, -0.05) is 18.6 Å². The fourth-order valence-corrected chi connectivity index (χ4v) is 1.62. The molecule has 0 saturated heterocycles. The number of fused-ring (bicyclic) bond motifs is 1. The van der Waals surface area contributed by atoms with Gasteiger partial charge in [0.05, 0.1) is 0 Å².